The Kier molecular flexibility index (Phi) is 5.92. The second-order valence-corrected chi connectivity index (χ2v) is 11.0. The van der Waals surface area contributed by atoms with Crippen LogP contribution in [0.1, 0.15) is 40.3 Å². The fourth-order valence-corrected chi connectivity index (χ4v) is 6.93. The molecular formula is C24H23N3O2S3. The summed E-state index contributed by atoms with van der Waals surface area (Å²) in [7, 11) is 0. The number of carbonyl (C=O) groups excluding carboxylic acids is 1. The third kappa shape index (κ3) is 4.02. The third-order valence-corrected chi connectivity index (χ3v) is 8.86. The van der Waals surface area contributed by atoms with Crippen molar-refractivity contribution < 1.29 is 4.79 Å². The van der Waals surface area contributed by atoms with E-state index in [0.717, 1.165) is 45.6 Å². The van der Waals surface area contributed by atoms with E-state index in [2.05, 4.69) is 5.32 Å². The smallest absolute Gasteiger partial charge is 0.267 e. The number of benzene rings is 1. The Morgan fingerprint density at radius 1 is 1.25 bits per heavy atom. The van der Waals surface area contributed by atoms with Gasteiger partial charge in [-0.15, -0.1) is 22.7 Å². The van der Waals surface area contributed by atoms with Crippen LogP contribution in [0.5, 0.6) is 0 Å². The molecule has 32 heavy (non-hydrogen) atoms. The summed E-state index contributed by atoms with van der Waals surface area (Å²) in [5, 5.41) is 6.36. The highest BCUT2D eigenvalue weighted by molar-refractivity contribution is 7.99. The molecule has 3 heterocycles. The van der Waals surface area contributed by atoms with Gasteiger partial charge in [-0.2, -0.15) is 0 Å². The molecule has 1 atom stereocenters. The topological polar surface area (TPSA) is 64.0 Å². The lowest BCUT2D eigenvalue weighted by Crippen LogP contribution is -2.28. The van der Waals surface area contributed by atoms with Gasteiger partial charge in [0, 0.05) is 9.75 Å². The Bertz CT molecular complexity index is 1340. The molecule has 164 valence electrons. The van der Waals surface area contributed by atoms with Crippen LogP contribution in [-0.2, 0) is 17.6 Å². The molecule has 0 saturated carbocycles. The number of rotatable bonds is 6. The van der Waals surface area contributed by atoms with Crippen molar-refractivity contribution in [2.45, 2.75) is 44.3 Å². The highest BCUT2D eigenvalue weighted by Crippen LogP contribution is 2.36. The fraction of sp³-hybridized carbons (Fsp3) is 0.292. The summed E-state index contributed by atoms with van der Waals surface area (Å²) >= 11 is 4.57. The van der Waals surface area contributed by atoms with E-state index < -0.39 is 0 Å². The number of carbonyl (C=O) groups is 1. The Morgan fingerprint density at radius 3 is 2.81 bits per heavy atom. The maximum Gasteiger partial charge on any atom is 0.267 e. The SMILES string of the molecule is Cc1ccc(-n2c(SCC(=O)NC(C)c3cccs3)nc3sc4c(c3c2=O)CCC4)cc1. The molecule has 0 spiro atoms. The van der Waals surface area contributed by atoms with Crippen molar-refractivity contribution in [3.8, 4) is 5.69 Å². The van der Waals surface area contributed by atoms with Gasteiger partial charge >= 0.3 is 0 Å². The van der Waals surface area contributed by atoms with Gasteiger partial charge in [0.15, 0.2) is 5.16 Å². The number of aromatic nitrogens is 2. The van der Waals surface area contributed by atoms with E-state index in [-0.39, 0.29) is 23.3 Å². The number of aryl methyl sites for hydroxylation is 3. The van der Waals surface area contributed by atoms with Crippen molar-refractivity contribution in [2.24, 2.45) is 0 Å². The number of thioether (sulfide) groups is 1. The molecule has 0 saturated heterocycles. The molecule has 5 nitrogen and oxygen atoms in total. The zero-order valence-electron chi connectivity index (χ0n) is 17.9. The second-order valence-electron chi connectivity index (χ2n) is 8.00. The van der Waals surface area contributed by atoms with Crippen molar-refractivity contribution >= 4 is 50.6 Å². The van der Waals surface area contributed by atoms with Crippen LogP contribution < -0.4 is 10.9 Å². The summed E-state index contributed by atoms with van der Waals surface area (Å²) in [5.74, 6) is 0.124. The standard InChI is InChI=1S/C24H23N3O2S3/c1-14-8-10-16(11-9-14)27-23(29)21-17-5-3-6-19(17)32-22(21)26-24(27)31-13-20(28)25-15(2)18-7-4-12-30-18/h4,7-12,15H,3,5-6,13H2,1-2H3,(H,25,28). The number of nitrogens with one attached hydrogen (secondary N) is 1. The summed E-state index contributed by atoms with van der Waals surface area (Å²) in [6, 6.07) is 11.8. The van der Waals surface area contributed by atoms with Gasteiger partial charge in [-0.3, -0.25) is 14.2 Å². The normalized spacial score (nSPS) is 13.9. The van der Waals surface area contributed by atoms with E-state index in [0.29, 0.717) is 5.16 Å². The van der Waals surface area contributed by atoms with Crippen molar-refractivity contribution in [1.82, 2.24) is 14.9 Å². The van der Waals surface area contributed by atoms with E-state index in [1.165, 1.54) is 22.2 Å². The number of hydrogen-bond donors (Lipinski definition) is 1. The summed E-state index contributed by atoms with van der Waals surface area (Å²) in [5.41, 5.74) is 3.04. The van der Waals surface area contributed by atoms with Crippen LogP contribution in [0.2, 0.25) is 0 Å². The second kappa shape index (κ2) is 8.84. The van der Waals surface area contributed by atoms with Gasteiger partial charge in [0.05, 0.1) is 22.9 Å². The zero-order chi connectivity index (χ0) is 22.2. The Labute approximate surface area is 198 Å². The Hall–Kier alpha value is -2.42. The van der Waals surface area contributed by atoms with Gasteiger partial charge in [-0.05, 0) is 62.3 Å². The van der Waals surface area contributed by atoms with Crippen molar-refractivity contribution in [3.63, 3.8) is 0 Å². The minimum Gasteiger partial charge on any atom is -0.348 e. The van der Waals surface area contributed by atoms with Crippen molar-refractivity contribution in [2.75, 3.05) is 5.75 Å². The zero-order valence-corrected chi connectivity index (χ0v) is 20.3. The lowest BCUT2D eigenvalue weighted by Gasteiger charge is -2.14. The molecule has 0 radical (unpaired) electrons. The van der Waals surface area contributed by atoms with E-state index in [4.69, 9.17) is 4.98 Å². The minimum atomic E-state index is -0.0747. The van der Waals surface area contributed by atoms with Gasteiger partial charge < -0.3 is 5.32 Å². The molecule has 1 N–H and O–H groups in total. The fourth-order valence-electron chi connectivity index (χ4n) is 4.07. The van der Waals surface area contributed by atoms with E-state index >= 15 is 0 Å². The van der Waals surface area contributed by atoms with Crippen LogP contribution in [0, 0.1) is 6.92 Å². The lowest BCUT2D eigenvalue weighted by molar-refractivity contribution is -0.119. The van der Waals surface area contributed by atoms with E-state index in [1.54, 1.807) is 27.2 Å². The van der Waals surface area contributed by atoms with Crippen LogP contribution in [0.25, 0.3) is 15.9 Å². The summed E-state index contributed by atoms with van der Waals surface area (Å²) in [4.78, 5) is 34.3. The van der Waals surface area contributed by atoms with Crippen LogP contribution in [0.15, 0.2) is 51.7 Å². The average Bonchev–Trinajstić information content (AvgIpc) is 3.50. The number of fused-ring (bicyclic) bond motifs is 3. The summed E-state index contributed by atoms with van der Waals surface area (Å²) in [6.07, 6.45) is 3.06. The van der Waals surface area contributed by atoms with Gasteiger partial charge in [0.2, 0.25) is 5.91 Å². The van der Waals surface area contributed by atoms with Crippen LogP contribution >= 0.6 is 34.4 Å². The molecule has 1 aliphatic rings. The number of amides is 1. The molecular weight excluding hydrogens is 458 g/mol. The third-order valence-electron chi connectivity index (χ3n) is 5.68. The van der Waals surface area contributed by atoms with Gasteiger partial charge in [0.1, 0.15) is 4.83 Å². The number of nitrogens with zero attached hydrogens (tertiary/aromatic N) is 2. The van der Waals surface area contributed by atoms with Gasteiger partial charge in [0.25, 0.3) is 5.56 Å². The first-order valence-electron chi connectivity index (χ1n) is 10.6. The molecule has 8 heteroatoms. The van der Waals surface area contributed by atoms with Gasteiger partial charge in [-0.1, -0.05) is 35.5 Å². The maximum atomic E-state index is 13.7. The molecule has 1 aromatic carbocycles. The summed E-state index contributed by atoms with van der Waals surface area (Å²) in [6.45, 7) is 4.00. The first-order chi connectivity index (χ1) is 15.5. The molecule has 1 aliphatic carbocycles. The monoisotopic (exact) mass is 481 g/mol. The maximum absolute atomic E-state index is 13.7. The van der Waals surface area contributed by atoms with E-state index in [1.807, 2.05) is 55.6 Å². The first-order valence-corrected chi connectivity index (χ1v) is 13.3. The quantitative estimate of drug-likeness (QED) is 0.301. The molecule has 3 aromatic heterocycles. The molecule has 0 fully saturated rings. The molecule has 5 rings (SSSR count). The number of hydrogen-bond acceptors (Lipinski definition) is 6. The molecule has 4 aromatic rings. The minimum absolute atomic E-state index is 0.0342. The van der Waals surface area contributed by atoms with Crippen molar-refractivity contribution in [1.29, 1.82) is 0 Å². The van der Waals surface area contributed by atoms with Gasteiger partial charge in [-0.25, -0.2) is 4.98 Å². The molecule has 1 unspecified atom stereocenters. The van der Waals surface area contributed by atoms with Crippen LogP contribution in [-0.4, -0.2) is 21.2 Å². The Morgan fingerprint density at radius 2 is 2.06 bits per heavy atom. The van der Waals surface area contributed by atoms with E-state index in [9.17, 15) is 9.59 Å². The highest BCUT2D eigenvalue weighted by Gasteiger charge is 2.24. The first kappa shape index (κ1) is 21.4. The van der Waals surface area contributed by atoms with Crippen LogP contribution in [0.3, 0.4) is 0 Å². The van der Waals surface area contributed by atoms with Crippen LogP contribution in [0.4, 0.5) is 0 Å². The van der Waals surface area contributed by atoms with Crippen molar-refractivity contribution in [3.05, 3.63) is 73.0 Å². The predicted molar refractivity (Wildman–Crippen MR) is 134 cm³/mol. The number of thiophene rings is 2. The summed E-state index contributed by atoms with van der Waals surface area (Å²) < 4.78 is 1.67. The lowest BCUT2D eigenvalue weighted by atomic mass is 10.2. The Balaban J connectivity index is 1.48. The predicted octanol–water partition coefficient (Wildman–Crippen LogP) is 5.28. The molecule has 0 aliphatic heterocycles. The average molecular weight is 482 g/mol. The largest absolute Gasteiger partial charge is 0.348 e. The highest BCUT2D eigenvalue weighted by atomic mass is 32.2. The molecule has 0 bridgehead atoms. The molecule has 1 amide bonds.